The SMILES string of the molecule is Cc1nc2c(nc1C)C(I)CCC2. The van der Waals surface area contributed by atoms with E-state index in [-0.39, 0.29) is 0 Å². The lowest BCUT2D eigenvalue weighted by atomic mass is 10.00. The second kappa shape index (κ2) is 3.52. The quantitative estimate of drug-likeness (QED) is 0.542. The van der Waals surface area contributed by atoms with Crippen LogP contribution in [0, 0.1) is 13.8 Å². The highest BCUT2D eigenvalue weighted by Crippen LogP contribution is 2.34. The third-order valence-electron chi connectivity index (χ3n) is 2.58. The van der Waals surface area contributed by atoms with Gasteiger partial charge in [0.2, 0.25) is 0 Å². The predicted molar refractivity (Wildman–Crippen MR) is 61.2 cm³/mol. The zero-order valence-corrected chi connectivity index (χ0v) is 10.1. The van der Waals surface area contributed by atoms with Gasteiger partial charge in [-0.15, -0.1) is 0 Å². The van der Waals surface area contributed by atoms with Gasteiger partial charge in [0.25, 0.3) is 0 Å². The van der Waals surface area contributed by atoms with Crippen LogP contribution in [-0.2, 0) is 6.42 Å². The van der Waals surface area contributed by atoms with Crippen molar-refractivity contribution in [3.05, 3.63) is 22.8 Å². The van der Waals surface area contributed by atoms with Crippen LogP contribution < -0.4 is 0 Å². The fourth-order valence-corrected chi connectivity index (χ4v) is 2.63. The Labute approximate surface area is 92.3 Å². The molecule has 2 nitrogen and oxygen atoms in total. The number of hydrogen-bond donors (Lipinski definition) is 0. The van der Waals surface area contributed by atoms with Crippen LogP contribution in [0.4, 0.5) is 0 Å². The summed E-state index contributed by atoms with van der Waals surface area (Å²) in [5.74, 6) is 0. The summed E-state index contributed by atoms with van der Waals surface area (Å²) in [7, 11) is 0. The summed E-state index contributed by atoms with van der Waals surface area (Å²) in [6, 6.07) is 0. The van der Waals surface area contributed by atoms with E-state index >= 15 is 0 Å². The molecule has 0 spiro atoms. The van der Waals surface area contributed by atoms with Crippen molar-refractivity contribution >= 4 is 22.6 Å². The molecular weight excluding hydrogens is 275 g/mol. The van der Waals surface area contributed by atoms with Gasteiger partial charge in [-0.25, -0.2) is 0 Å². The predicted octanol–water partition coefficient (Wildman–Crippen LogP) is 2.91. The molecule has 1 atom stereocenters. The lowest BCUT2D eigenvalue weighted by Crippen LogP contribution is -2.12. The largest absolute Gasteiger partial charge is 0.254 e. The van der Waals surface area contributed by atoms with Gasteiger partial charge in [0.1, 0.15) is 0 Å². The van der Waals surface area contributed by atoms with Crippen molar-refractivity contribution in [2.75, 3.05) is 0 Å². The molecule has 2 rings (SSSR count). The number of nitrogens with zero attached hydrogens (tertiary/aromatic N) is 2. The summed E-state index contributed by atoms with van der Waals surface area (Å²) in [6.07, 6.45) is 3.63. The Morgan fingerprint density at radius 1 is 1.23 bits per heavy atom. The van der Waals surface area contributed by atoms with E-state index in [0.717, 1.165) is 17.8 Å². The highest BCUT2D eigenvalue weighted by molar-refractivity contribution is 14.1. The van der Waals surface area contributed by atoms with Gasteiger partial charge in [-0.1, -0.05) is 22.6 Å². The number of alkyl halides is 1. The first kappa shape index (κ1) is 9.37. The Morgan fingerprint density at radius 2 is 1.92 bits per heavy atom. The van der Waals surface area contributed by atoms with Crippen molar-refractivity contribution in [3.8, 4) is 0 Å². The van der Waals surface area contributed by atoms with E-state index in [4.69, 9.17) is 0 Å². The van der Waals surface area contributed by atoms with Crippen molar-refractivity contribution in [3.63, 3.8) is 0 Å². The van der Waals surface area contributed by atoms with Crippen molar-refractivity contribution in [1.29, 1.82) is 0 Å². The van der Waals surface area contributed by atoms with E-state index in [9.17, 15) is 0 Å². The van der Waals surface area contributed by atoms with E-state index in [0.29, 0.717) is 3.92 Å². The molecule has 0 saturated carbocycles. The molecule has 0 N–H and O–H groups in total. The van der Waals surface area contributed by atoms with Gasteiger partial charge < -0.3 is 0 Å². The second-order valence-electron chi connectivity index (χ2n) is 3.59. The van der Waals surface area contributed by atoms with E-state index in [1.54, 1.807) is 0 Å². The highest BCUT2D eigenvalue weighted by atomic mass is 127. The summed E-state index contributed by atoms with van der Waals surface area (Å²) in [6.45, 7) is 4.08. The highest BCUT2D eigenvalue weighted by Gasteiger charge is 2.20. The van der Waals surface area contributed by atoms with Crippen LogP contribution in [-0.4, -0.2) is 9.97 Å². The fourth-order valence-electron chi connectivity index (χ4n) is 1.69. The van der Waals surface area contributed by atoms with Gasteiger partial charge >= 0.3 is 0 Å². The molecule has 0 bridgehead atoms. The Kier molecular flexibility index (Phi) is 2.53. The van der Waals surface area contributed by atoms with Crippen molar-refractivity contribution in [2.45, 2.75) is 37.0 Å². The van der Waals surface area contributed by atoms with Gasteiger partial charge in [-0.2, -0.15) is 0 Å². The molecule has 1 heterocycles. The average Bonchev–Trinajstić information content (AvgIpc) is 2.09. The topological polar surface area (TPSA) is 25.8 Å². The number of hydrogen-bond acceptors (Lipinski definition) is 2. The Morgan fingerprint density at radius 3 is 2.69 bits per heavy atom. The molecule has 1 aromatic heterocycles. The molecule has 0 radical (unpaired) electrons. The smallest absolute Gasteiger partial charge is 0.0750 e. The molecule has 0 aromatic carbocycles. The van der Waals surface area contributed by atoms with Crippen LogP contribution in [0.5, 0.6) is 0 Å². The Balaban J connectivity index is 2.52. The molecule has 70 valence electrons. The van der Waals surface area contributed by atoms with Gasteiger partial charge in [0.15, 0.2) is 0 Å². The van der Waals surface area contributed by atoms with Crippen molar-refractivity contribution < 1.29 is 0 Å². The number of aryl methyl sites for hydroxylation is 3. The van der Waals surface area contributed by atoms with Crippen LogP contribution >= 0.6 is 22.6 Å². The zero-order valence-electron chi connectivity index (χ0n) is 7.97. The van der Waals surface area contributed by atoms with Crippen LogP contribution in [0.15, 0.2) is 0 Å². The Hall–Kier alpha value is -0.190. The Bertz CT molecular complexity index is 336. The summed E-state index contributed by atoms with van der Waals surface area (Å²) in [5.41, 5.74) is 4.63. The van der Waals surface area contributed by atoms with E-state index in [1.807, 2.05) is 13.8 Å². The lowest BCUT2D eigenvalue weighted by molar-refractivity contribution is 0.645. The number of aromatic nitrogens is 2. The third kappa shape index (κ3) is 1.71. The molecule has 1 unspecified atom stereocenters. The van der Waals surface area contributed by atoms with Crippen LogP contribution in [0.2, 0.25) is 0 Å². The first-order valence-electron chi connectivity index (χ1n) is 4.66. The minimum atomic E-state index is 0.577. The van der Waals surface area contributed by atoms with Crippen molar-refractivity contribution in [1.82, 2.24) is 9.97 Å². The van der Waals surface area contributed by atoms with Crippen LogP contribution in [0.3, 0.4) is 0 Å². The number of halogens is 1. The molecule has 0 aliphatic heterocycles. The molecule has 0 saturated heterocycles. The maximum absolute atomic E-state index is 4.62. The van der Waals surface area contributed by atoms with E-state index in [1.165, 1.54) is 24.2 Å². The summed E-state index contributed by atoms with van der Waals surface area (Å²) < 4.78 is 0.577. The lowest BCUT2D eigenvalue weighted by Gasteiger charge is -2.19. The maximum Gasteiger partial charge on any atom is 0.0750 e. The fraction of sp³-hybridized carbons (Fsp3) is 0.600. The average molecular weight is 288 g/mol. The third-order valence-corrected chi connectivity index (χ3v) is 3.79. The molecule has 1 aromatic rings. The van der Waals surface area contributed by atoms with Gasteiger partial charge in [-0.05, 0) is 33.1 Å². The van der Waals surface area contributed by atoms with Crippen molar-refractivity contribution in [2.24, 2.45) is 0 Å². The number of fused-ring (bicyclic) bond motifs is 1. The first-order valence-corrected chi connectivity index (χ1v) is 5.91. The minimum Gasteiger partial charge on any atom is -0.254 e. The first-order chi connectivity index (χ1) is 6.18. The molecular formula is C10H13IN2. The molecule has 1 aliphatic rings. The minimum absolute atomic E-state index is 0.577. The second-order valence-corrected chi connectivity index (χ2v) is 5.09. The monoisotopic (exact) mass is 288 g/mol. The molecule has 0 amide bonds. The zero-order chi connectivity index (χ0) is 9.42. The normalized spacial score (nSPS) is 21.3. The van der Waals surface area contributed by atoms with Gasteiger partial charge in [0, 0.05) is 0 Å². The molecule has 1 aliphatic carbocycles. The van der Waals surface area contributed by atoms with Crippen LogP contribution in [0.25, 0.3) is 0 Å². The maximum atomic E-state index is 4.62. The summed E-state index contributed by atoms with van der Waals surface area (Å²) >= 11 is 2.47. The molecule has 0 fully saturated rings. The summed E-state index contributed by atoms with van der Waals surface area (Å²) in [5, 5.41) is 0. The molecule has 13 heavy (non-hydrogen) atoms. The van der Waals surface area contributed by atoms with E-state index in [2.05, 4.69) is 32.6 Å². The van der Waals surface area contributed by atoms with Gasteiger partial charge in [0.05, 0.1) is 26.7 Å². The number of rotatable bonds is 0. The van der Waals surface area contributed by atoms with E-state index < -0.39 is 0 Å². The standard InChI is InChI=1S/C10H13IN2/c1-6-7(2)13-10-8(11)4-3-5-9(10)12-6/h8H,3-5H2,1-2H3. The van der Waals surface area contributed by atoms with Gasteiger partial charge in [-0.3, -0.25) is 9.97 Å². The molecule has 3 heteroatoms. The van der Waals surface area contributed by atoms with Crippen LogP contribution in [0.1, 0.15) is 39.5 Å². The summed E-state index contributed by atoms with van der Waals surface area (Å²) in [4.78, 5) is 9.22.